The molecule has 110 valence electrons. The molecule has 3 nitrogen and oxygen atoms in total. The molecule has 0 fully saturated rings. The van der Waals surface area contributed by atoms with Crippen LogP contribution >= 0.6 is 0 Å². The van der Waals surface area contributed by atoms with E-state index >= 15 is 0 Å². The molecule has 0 radical (unpaired) electrons. The van der Waals surface area contributed by atoms with Crippen LogP contribution in [0.15, 0.2) is 48.5 Å². The van der Waals surface area contributed by atoms with Crippen LogP contribution < -0.4 is 10.1 Å². The summed E-state index contributed by atoms with van der Waals surface area (Å²) in [6.45, 7) is 4.01. The summed E-state index contributed by atoms with van der Waals surface area (Å²) in [5.74, 6) is 0.787. The number of carbonyl (C=O) groups excluding carboxylic acids is 1. The Morgan fingerprint density at radius 3 is 2.38 bits per heavy atom. The van der Waals surface area contributed by atoms with Crippen molar-refractivity contribution in [3.8, 4) is 5.75 Å². The molecule has 0 heterocycles. The lowest BCUT2D eigenvalue weighted by Gasteiger charge is -2.18. The summed E-state index contributed by atoms with van der Waals surface area (Å²) >= 11 is 0. The highest BCUT2D eigenvalue weighted by molar-refractivity contribution is 5.95. The van der Waals surface area contributed by atoms with Crippen molar-refractivity contribution in [2.24, 2.45) is 0 Å². The zero-order chi connectivity index (χ0) is 15.2. The van der Waals surface area contributed by atoms with Gasteiger partial charge < -0.3 is 10.1 Å². The van der Waals surface area contributed by atoms with E-state index in [2.05, 4.69) is 12.2 Å². The van der Waals surface area contributed by atoms with Crippen LogP contribution in [0.2, 0.25) is 0 Å². The van der Waals surface area contributed by atoms with Crippen LogP contribution in [0.4, 0.5) is 0 Å². The molecule has 1 N–H and O–H groups in total. The molecule has 0 aromatic heterocycles. The van der Waals surface area contributed by atoms with Crippen molar-refractivity contribution in [1.82, 2.24) is 5.32 Å². The van der Waals surface area contributed by atoms with Crippen molar-refractivity contribution in [3.63, 3.8) is 0 Å². The molecule has 0 bridgehead atoms. The van der Waals surface area contributed by atoms with Gasteiger partial charge in [0.2, 0.25) is 0 Å². The van der Waals surface area contributed by atoms with Crippen molar-refractivity contribution in [2.45, 2.75) is 26.3 Å². The minimum Gasteiger partial charge on any atom is -0.497 e. The third-order valence-corrected chi connectivity index (χ3v) is 3.62. The number of aryl methyl sites for hydroxylation is 1. The maximum Gasteiger partial charge on any atom is 0.252 e. The molecule has 2 aromatic rings. The van der Waals surface area contributed by atoms with Gasteiger partial charge in [-0.1, -0.05) is 37.3 Å². The first-order valence-corrected chi connectivity index (χ1v) is 7.16. The largest absolute Gasteiger partial charge is 0.497 e. The number of hydrogen-bond acceptors (Lipinski definition) is 2. The number of amides is 1. The lowest BCUT2D eigenvalue weighted by atomic mass is 10.0. The van der Waals surface area contributed by atoms with Crippen LogP contribution in [0.5, 0.6) is 5.75 Å². The molecule has 1 atom stereocenters. The molecular formula is C18H21NO2. The van der Waals surface area contributed by atoms with E-state index in [9.17, 15) is 4.79 Å². The predicted molar refractivity (Wildman–Crippen MR) is 84.7 cm³/mol. The number of hydrogen-bond donors (Lipinski definition) is 1. The minimum atomic E-state index is -0.0317. The van der Waals surface area contributed by atoms with Crippen molar-refractivity contribution in [2.75, 3.05) is 7.11 Å². The fourth-order valence-electron chi connectivity index (χ4n) is 2.32. The Kier molecular flexibility index (Phi) is 4.99. The second-order valence-electron chi connectivity index (χ2n) is 5.02. The Balaban J connectivity index is 2.15. The van der Waals surface area contributed by atoms with Crippen LogP contribution in [0, 0.1) is 6.92 Å². The number of benzene rings is 2. The summed E-state index contributed by atoms with van der Waals surface area (Å²) in [6.07, 6.45) is 0.837. The maximum absolute atomic E-state index is 12.4. The third kappa shape index (κ3) is 3.63. The van der Waals surface area contributed by atoms with Gasteiger partial charge in [0.15, 0.2) is 0 Å². The highest BCUT2D eigenvalue weighted by atomic mass is 16.5. The summed E-state index contributed by atoms with van der Waals surface area (Å²) < 4.78 is 5.16. The Morgan fingerprint density at radius 1 is 1.14 bits per heavy atom. The molecule has 0 aliphatic rings. The topological polar surface area (TPSA) is 38.3 Å². The first-order chi connectivity index (χ1) is 10.2. The normalized spacial score (nSPS) is 11.8. The summed E-state index contributed by atoms with van der Waals surface area (Å²) in [4.78, 5) is 12.4. The lowest BCUT2D eigenvalue weighted by molar-refractivity contribution is 0.0935. The molecular weight excluding hydrogens is 262 g/mol. The van der Waals surface area contributed by atoms with Crippen molar-refractivity contribution < 1.29 is 9.53 Å². The van der Waals surface area contributed by atoms with E-state index in [0.717, 1.165) is 28.9 Å². The molecule has 1 unspecified atom stereocenters. The van der Waals surface area contributed by atoms with E-state index in [4.69, 9.17) is 4.74 Å². The average Bonchev–Trinajstić information content (AvgIpc) is 2.53. The molecule has 0 aliphatic carbocycles. The van der Waals surface area contributed by atoms with E-state index in [1.54, 1.807) is 7.11 Å². The van der Waals surface area contributed by atoms with Gasteiger partial charge in [-0.2, -0.15) is 0 Å². The Hall–Kier alpha value is -2.29. The molecule has 2 rings (SSSR count). The fraction of sp³-hybridized carbons (Fsp3) is 0.278. The third-order valence-electron chi connectivity index (χ3n) is 3.62. The minimum absolute atomic E-state index is 0.00279. The highest BCUT2D eigenvalue weighted by Gasteiger charge is 2.15. The molecule has 0 saturated heterocycles. The fourth-order valence-corrected chi connectivity index (χ4v) is 2.32. The highest BCUT2D eigenvalue weighted by Crippen LogP contribution is 2.21. The Morgan fingerprint density at radius 2 is 1.81 bits per heavy atom. The van der Waals surface area contributed by atoms with Gasteiger partial charge in [0.05, 0.1) is 13.2 Å². The first-order valence-electron chi connectivity index (χ1n) is 7.16. The number of nitrogens with one attached hydrogen (secondary N) is 1. The van der Waals surface area contributed by atoms with Crippen LogP contribution in [-0.2, 0) is 0 Å². The number of rotatable bonds is 5. The van der Waals surface area contributed by atoms with Gasteiger partial charge in [0.1, 0.15) is 5.75 Å². The summed E-state index contributed by atoms with van der Waals surface area (Å²) in [7, 11) is 1.65. The van der Waals surface area contributed by atoms with Crippen LogP contribution in [0.3, 0.4) is 0 Å². The van der Waals surface area contributed by atoms with Gasteiger partial charge in [0.25, 0.3) is 5.91 Å². The summed E-state index contributed by atoms with van der Waals surface area (Å²) in [5.41, 5.74) is 2.80. The van der Waals surface area contributed by atoms with Gasteiger partial charge in [0, 0.05) is 5.56 Å². The number of methoxy groups -OCH3 is 1. The Bertz CT molecular complexity index is 605. The van der Waals surface area contributed by atoms with Crippen LogP contribution in [0.1, 0.15) is 40.9 Å². The van der Waals surface area contributed by atoms with E-state index in [1.807, 2.05) is 55.5 Å². The van der Waals surface area contributed by atoms with Crippen LogP contribution in [0.25, 0.3) is 0 Å². The zero-order valence-electron chi connectivity index (χ0n) is 12.7. The average molecular weight is 283 g/mol. The van der Waals surface area contributed by atoms with Gasteiger partial charge in [-0.15, -0.1) is 0 Å². The van der Waals surface area contributed by atoms with E-state index < -0.39 is 0 Å². The number of carbonyl (C=O) groups is 1. The molecule has 0 aliphatic heterocycles. The smallest absolute Gasteiger partial charge is 0.252 e. The molecule has 21 heavy (non-hydrogen) atoms. The van der Waals surface area contributed by atoms with Gasteiger partial charge in [-0.25, -0.2) is 0 Å². The maximum atomic E-state index is 12.4. The first kappa shape index (κ1) is 15.1. The van der Waals surface area contributed by atoms with Gasteiger partial charge in [-0.05, 0) is 42.7 Å². The van der Waals surface area contributed by atoms with E-state index in [1.165, 1.54) is 0 Å². The summed E-state index contributed by atoms with van der Waals surface area (Å²) in [6, 6.07) is 15.4. The quantitative estimate of drug-likeness (QED) is 0.904. The van der Waals surface area contributed by atoms with E-state index in [0.29, 0.717) is 0 Å². The molecule has 3 heteroatoms. The lowest BCUT2D eigenvalue weighted by Crippen LogP contribution is -2.28. The van der Waals surface area contributed by atoms with Gasteiger partial charge >= 0.3 is 0 Å². The monoisotopic (exact) mass is 283 g/mol. The van der Waals surface area contributed by atoms with Crippen LogP contribution in [-0.4, -0.2) is 13.0 Å². The van der Waals surface area contributed by atoms with Crippen molar-refractivity contribution >= 4 is 5.91 Å². The second kappa shape index (κ2) is 6.93. The van der Waals surface area contributed by atoms with Crippen molar-refractivity contribution in [3.05, 3.63) is 65.2 Å². The second-order valence-corrected chi connectivity index (χ2v) is 5.02. The predicted octanol–water partition coefficient (Wildman–Crippen LogP) is 3.88. The summed E-state index contributed by atoms with van der Waals surface area (Å²) in [5, 5.41) is 3.10. The molecule has 0 spiro atoms. The van der Waals surface area contributed by atoms with Crippen molar-refractivity contribution in [1.29, 1.82) is 0 Å². The Labute approximate surface area is 126 Å². The standard InChI is InChI=1S/C18H21NO2/c1-4-17(14-9-11-15(21-3)12-10-14)19-18(20)16-8-6-5-7-13(16)2/h5-12,17H,4H2,1-3H3,(H,19,20). The molecule has 2 aromatic carbocycles. The van der Waals surface area contributed by atoms with E-state index in [-0.39, 0.29) is 11.9 Å². The SMILES string of the molecule is CCC(NC(=O)c1ccccc1C)c1ccc(OC)cc1. The zero-order valence-corrected chi connectivity index (χ0v) is 12.7. The molecule has 1 amide bonds. The van der Waals surface area contributed by atoms with Gasteiger partial charge in [-0.3, -0.25) is 4.79 Å². The number of ether oxygens (including phenoxy) is 1. The molecule has 0 saturated carbocycles.